The first-order valence-corrected chi connectivity index (χ1v) is 8.72. The van der Waals surface area contributed by atoms with Crippen molar-refractivity contribution in [2.24, 2.45) is 11.3 Å². The van der Waals surface area contributed by atoms with Gasteiger partial charge in [0.15, 0.2) is 0 Å². The molecule has 2 N–H and O–H groups in total. The summed E-state index contributed by atoms with van der Waals surface area (Å²) in [5.41, 5.74) is 1.70. The summed E-state index contributed by atoms with van der Waals surface area (Å²) >= 11 is 0. The van der Waals surface area contributed by atoms with Crippen LogP contribution in [0.2, 0.25) is 0 Å². The zero-order chi connectivity index (χ0) is 15.4. The second-order valence-corrected chi connectivity index (χ2v) is 7.31. The molecule has 0 aromatic heterocycles. The molecule has 1 saturated heterocycles. The fourth-order valence-corrected chi connectivity index (χ4v) is 3.91. The molecule has 22 heavy (non-hydrogen) atoms. The van der Waals surface area contributed by atoms with Gasteiger partial charge >= 0.3 is 0 Å². The first kappa shape index (κ1) is 15.5. The lowest BCUT2D eigenvalue weighted by atomic mass is 9.65. The van der Waals surface area contributed by atoms with Crippen molar-refractivity contribution in [3.05, 3.63) is 35.9 Å². The van der Waals surface area contributed by atoms with Gasteiger partial charge in [0.1, 0.15) is 0 Å². The Labute approximate surface area is 133 Å². The van der Waals surface area contributed by atoms with E-state index in [2.05, 4.69) is 47.9 Å². The van der Waals surface area contributed by atoms with Crippen LogP contribution >= 0.6 is 0 Å². The highest BCUT2D eigenvalue weighted by molar-refractivity contribution is 5.78. The van der Waals surface area contributed by atoms with Crippen LogP contribution < -0.4 is 10.6 Å². The molecule has 2 aliphatic rings. The number of carbonyl (C=O) groups excluding carboxylic acids is 1. The minimum absolute atomic E-state index is 0.199. The van der Waals surface area contributed by atoms with Crippen molar-refractivity contribution in [3.63, 3.8) is 0 Å². The molecule has 3 rings (SSSR count). The Bertz CT molecular complexity index is 495. The van der Waals surface area contributed by atoms with Crippen molar-refractivity contribution in [2.45, 2.75) is 51.5 Å². The zero-order valence-corrected chi connectivity index (χ0v) is 13.6. The van der Waals surface area contributed by atoms with Crippen molar-refractivity contribution in [1.29, 1.82) is 0 Å². The van der Waals surface area contributed by atoms with E-state index < -0.39 is 0 Å². The fourth-order valence-electron chi connectivity index (χ4n) is 3.91. The molecule has 1 aliphatic heterocycles. The molecule has 120 valence electrons. The lowest BCUT2D eigenvalue weighted by molar-refractivity contribution is -0.127. The molecule has 3 nitrogen and oxygen atoms in total. The zero-order valence-electron chi connectivity index (χ0n) is 13.6. The average Bonchev–Trinajstić information content (AvgIpc) is 2.50. The van der Waals surface area contributed by atoms with Crippen LogP contribution in [0.25, 0.3) is 0 Å². The predicted octanol–water partition coefficient (Wildman–Crippen LogP) is 2.90. The summed E-state index contributed by atoms with van der Waals surface area (Å²) in [6.45, 7) is 3.98. The van der Waals surface area contributed by atoms with E-state index in [4.69, 9.17) is 0 Å². The lowest BCUT2D eigenvalue weighted by Crippen LogP contribution is -2.47. The van der Waals surface area contributed by atoms with E-state index in [0.29, 0.717) is 11.5 Å². The number of amides is 1. The van der Waals surface area contributed by atoms with Gasteiger partial charge in [0.2, 0.25) is 5.91 Å². The predicted molar refractivity (Wildman–Crippen MR) is 89.6 cm³/mol. The fraction of sp³-hybridized carbons (Fsp3) is 0.632. The average molecular weight is 300 g/mol. The van der Waals surface area contributed by atoms with Gasteiger partial charge in [-0.3, -0.25) is 4.79 Å². The van der Waals surface area contributed by atoms with E-state index in [1.54, 1.807) is 0 Å². The molecule has 2 atom stereocenters. The van der Waals surface area contributed by atoms with Gasteiger partial charge in [-0.1, -0.05) is 36.8 Å². The third kappa shape index (κ3) is 3.70. The molecular formula is C19H28N2O. The molecule has 2 fully saturated rings. The van der Waals surface area contributed by atoms with Crippen LogP contribution in [0.1, 0.15) is 44.6 Å². The van der Waals surface area contributed by atoms with Crippen LogP contribution in [-0.4, -0.2) is 25.0 Å². The standard InChI is InChI=1S/C19H28N2O/c1-15-12-17(8-11-20-15)18(22)21-14-19(9-5-10-19)13-16-6-3-2-4-7-16/h2-4,6-7,15,17,20H,5,8-14H2,1H3,(H,21,22)/t15-,17-/m0/s1. The molecule has 1 heterocycles. The minimum Gasteiger partial charge on any atom is -0.355 e. The molecule has 0 bridgehead atoms. The van der Waals surface area contributed by atoms with Crippen molar-refractivity contribution in [2.75, 3.05) is 13.1 Å². The number of nitrogens with one attached hydrogen (secondary N) is 2. The van der Waals surface area contributed by atoms with Crippen LogP contribution in [0.15, 0.2) is 30.3 Å². The smallest absolute Gasteiger partial charge is 0.223 e. The summed E-state index contributed by atoms with van der Waals surface area (Å²) in [6.07, 6.45) is 6.82. The number of piperidine rings is 1. The number of rotatable bonds is 5. The van der Waals surface area contributed by atoms with Gasteiger partial charge in [-0.25, -0.2) is 0 Å². The third-order valence-electron chi connectivity index (χ3n) is 5.47. The Kier molecular flexibility index (Phi) is 4.82. The Morgan fingerprint density at radius 1 is 1.32 bits per heavy atom. The van der Waals surface area contributed by atoms with Crippen LogP contribution in [0.3, 0.4) is 0 Å². The highest BCUT2D eigenvalue weighted by Crippen LogP contribution is 2.43. The molecule has 0 radical (unpaired) electrons. The molecule has 0 unspecified atom stereocenters. The molecule has 1 aromatic rings. The highest BCUT2D eigenvalue weighted by Gasteiger charge is 2.37. The maximum absolute atomic E-state index is 12.4. The monoisotopic (exact) mass is 300 g/mol. The molecular weight excluding hydrogens is 272 g/mol. The van der Waals surface area contributed by atoms with Crippen molar-refractivity contribution < 1.29 is 4.79 Å². The van der Waals surface area contributed by atoms with E-state index in [1.165, 1.54) is 24.8 Å². The molecule has 1 aromatic carbocycles. The molecule has 1 saturated carbocycles. The maximum atomic E-state index is 12.4. The van der Waals surface area contributed by atoms with Crippen LogP contribution in [0.4, 0.5) is 0 Å². The molecule has 1 aliphatic carbocycles. The molecule has 1 amide bonds. The first-order valence-electron chi connectivity index (χ1n) is 8.72. The summed E-state index contributed by atoms with van der Waals surface area (Å²) in [6, 6.07) is 11.2. The van der Waals surface area contributed by atoms with Gasteiger partial charge in [-0.2, -0.15) is 0 Å². The molecule has 3 heteroatoms. The van der Waals surface area contributed by atoms with Crippen LogP contribution in [0.5, 0.6) is 0 Å². The summed E-state index contributed by atoms with van der Waals surface area (Å²) in [5, 5.41) is 6.68. The van der Waals surface area contributed by atoms with E-state index in [-0.39, 0.29) is 11.8 Å². The summed E-state index contributed by atoms with van der Waals surface area (Å²) in [7, 11) is 0. The van der Waals surface area contributed by atoms with E-state index in [9.17, 15) is 4.79 Å². The Morgan fingerprint density at radius 2 is 2.09 bits per heavy atom. The van der Waals surface area contributed by atoms with Crippen LogP contribution in [0, 0.1) is 11.3 Å². The Hall–Kier alpha value is -1.35. The van der Waals surface area contributed by atoms with Gasteiger partial charge in [-0.05, 0) is 56.6 Å². The maximum Gasteiger partial charge on any atom is 0.223 e. The SMILES string of the molecule is C[C@H]1C[C@@H](C(=O)NCC2(Cc3ccccc3)CCC2)CCN1. The number of benzene rings is 1. The van der Waals surface area contributed by atoms with Crippen molar-refractivity contribution in [3.8, 4) is 0 Å². The van der Waals surface area contributed by atoms with Gasteiger partial charge in [-0.15, -0.1) is 0 Å². The minimum atomic E-state index is 0.199. The van der Waals surface area contributed by atoms with E-state index in [1.807, 2.05) is 0 Å². The summed E-state index contributed by atoms with van der Waals surface area (Å²) in [4.78, 5) is 12.4. The van der Waals surface area contributed by atoms with Gasteiger partial charge < -0.3 is 10.6 Å². The lowest BCUT2D eigenvalue weighted by Gasteiger charge is -2.42. The van der Waals surface area contributed by atoms with Gasteiger partial charge in [0.05, 0.1) is 0 Å². The van der Waals surface area contributed by atoms with Crippen molar-refractivity contribution in [1.82, 2.24) is 10.6 Å². The van der Waals surface area contributed by atoms with Gasteiger partial charge in [0, 0.05) is 18.5 Å². The number of hydrogen-bond acceptors (Lipinski definition) is 2. The molecule has 0 spiro atoms. The first-order chi connectivity index (χ1) is 10.7. The Morgan fingerprint density at radius 3 is 2.73 bits per heavy atom. The highest BCUT2D eigenvalue weighted by atomic mass is 16.1. The topological polar surface area (TPSA) is 41.1 Å². The van der Waals surface area contributed by atoms with E-state index in [0.717, 1.165) is 32.4 Å². The number of hydrogen-bond donors (Lipinski definition) is 2. The quantitative estimate of drug-likeness (QED) is 0.878. The third-order valence-corrected chi connectivity index (χ3v) is 5.47. The second-order valence-electron chi connectivity index (χ2n) is 7.31. The van der Waals surface area contributed by atoms with E-state index >= 15 is 0 Å². The van der Waals surface area contributed by atoms with Crippen LogP contribution in [-0.2, 0) is 11.2 Å². The normalized spacial score (nSPS) is 27.0. The van der Waals surface area contributed by atoms with Gasteiger partial charge in [0.25, 0.3) is 0 Å². The summed E-state index contributed by atoms with van der Waals surface area (Å²) in [5.74, 6) is 0.470. The second kappa shape index (κ2) is 6.82. The number of carbonyl (C=O) groups is 1. The Balaban J connectivity index is 1.53. The largest absolute Gasteiger partial charge is 0.355 e. The summed E-state index contributed by atoms with van der Waals surface area (Å²) < 4.78 is 0. The van der Waals surface area contributed by atoms with Crippen molar-refractivity contribution >= 4 is 5.91 Å².